The van der Waals surface area contributed by atoms with Gasteiger partial charge in [-0.1, -0.05) is 11.6 Å². The molecule has 5 heteroatoms. The van der Waals surface area contributed by atoms with Gasteiger partial charge in [-0.05, 0) is 25.7 Å². The van der Waals surface area contributed by atoms with E-state index in [0.717, 1.165) is 32.1 Å². The van der Waals surface area contributed by atoms with Gasteiger partial charge < -0.3 is 14.0 Å². The van der Waals surface area contributed by atoms with Gasteiger partial charge in [0.15, 0.2) is 0 Å². The van der Waals surface area contributed by atoms with E-state index in [1.807, 2.05) is 13.3 Å². The van der Waals surface area contributed by atoms with Crippen LogP contribution in [0.2, 0.25) is 0 Å². The lowest BCUT2D eigenvalue weighted by Gasteiger charge is -2.40. The predicted octanol–water partition coefficient (Wildman–Crippen LogP) is 2.57. The Hall–Kier alpha value is -0.910. The average molecular weight is 306 g/mol. The van der Waals surface area contributed by atoms with Gasteiger partial charge in [0.25, 0.3) is 0 Å². The lowest BCUT2D eigenvalue weighted by molar-refractivity contribution is -0.0609. The molecule has 4 rings (SSSR count). The summed E-state index contributed by atoms with van der Waals surface area (Å²) in [7, 11) is 1.85. The summed E-state index contributed by atoms with van der Waals surface area (Å²) in [4.78, 5) is 2.57. The van der Waals surface area contributed by atoms with Crippen molar-refractivity contribution in [3.63, 3.8) is 0 Å². The van der Waals surface area contributed by atoms with Gasteiger partial charge in [0, 0.05) is 43.6 Å². The minimum Gasteiger partial charge on any atom is -0.381 e. The Labute approximate surface area is 131 Å². The summed E-state index contributed by atoms with van der Waals surface area (Å²) >= 11 is 0. The summed E-state index contributed by atoms with van der Waals surface area (Å²) < 4.78 is 17.0. The van der Waals surface area contributed by atoms with Gasteiger partial charge in [-0.2, -0.15) is 0 Å². The lowest BCUT2D eigenvalue weighted by Crippen LogP contribution is -2.50. The largest absolute Gasteiger partial charge is 0.381 e. The van der Waals surface area contributed by atoms with E-state index in [4.69, 9.17) is 14.0 Å². The first-order chi connectivity index (χ1) is 10.9. The quantitative estimate of drug-likeness (QED) is 0.837. The van der Waals surface area contributed by atoms with Gasteiger partial charge in [0.1, 0.15) is 5.76 Å². The van der Waals surface area contributed by atoms with Crippen molar-refractivity contribution in [3.05, 3.63) is 17.5 Å². The van der Waals surface area contributed by atoms with Crippen LogP contribution in [0.1, 0.15) is 49.3 Å². The van der Waals surface area contributed by atoms with Gasteiger partial charge in [0.05, 0.1) is 25.5 Å². The van der Waals surface area contributed by atoms with Crippen LogP contribution in [-0.2, 0) is 16.0 Å². The smallest absolute Gasteiger partial charge is 0.144 e. The number of rotatable bonds is 5. The maximum Gasteiger partial charge on any atom is 0.144 e. The van der Waals surface area contributed by atoms with Crippen LogP contribution < -0.4 is 0 Å². The fraction of sp³-hybridized carbons (Fsp3) is 0.824. The summed E-state index contributed by atoms with van der Waals surface area (Å²) in [5.74, 6) is 2.34. The van der Waals surface area contributed by atoms with E-state index in [9.17, 15) is 0 Å². The van der Waals surface area contributed by atoms with Crippen molar-refractivity contribution in [1.82, 2.24) is 10.1 Å². The Balaban J connectivity index is 1.49. The van der Waals surface area contributed by atoms with Gasteiger partial charge in [0.2, 0.25) is 0 Å². The van der Waals surface area contributed by atoms with E-state index >= 15 is 0 Å². The van der Waals surface area contributed by atoms with Crippen LogP contribution in [0.5, 0.6) is 0 Å². The number of aromatic nitrogens is 1. The van der Waals surface area contributed by atoms with Gasteiger partial charge in [-0.3, -0.25) is 4.90 Å². The molecule has 2 aliphatic carbocycles. The molecule has 3 atom stereocenters. The Morgan fingerprint density at radius 2 is 2.23 bits per heavy atom. The van der Waals surface area contributed by atoms with Crippen LogP contribution in [0.15, 0.2) is 10.7 Å². The van der Waals surface area contributed by atoms with E-state index < -0.39 is 0 Å². The molecule has 22 heavy (non-hydrogen) atoms. The van der Waals surface area contributed by atoms with Gasteiger partial charge in [-0.15, -0.1) is 0 Å². The van der Waals surface area contributed by atoms with Crippen molar-refractivity contribution in [1.29, 1.82) is 0 Å². The molecule has 0 bridgehead atoms. The number of ether oxygens (including phenoxy) is 2. The molecule has 2 saturated carbocycles. The van der Waals surface area contributed by atoms with E-state index in [2.05, 4.69) is 10.1 Å². The predicted molar refractivity (Wildman–Crippen MR) is 81.6 cm³/mol. The van der Waals surface area contributed by atoms with Crippen molar-refractivity contribution in [3.8, 4) is 0 Å². The van der Waals surface area contributed by atoms with Crippen LogP contribution in [0.25, 0.3) is 0 Å². The highest BCUT2D eigenvalue weighted by molar-refractivity contribution is 5.21. The van der Waals surface area contributed by atoms with Crippen molar-refractivity contribution in [2.45, 2.75) is 56.7 Å². The standard InChI is InChI=1S/C17H26N2O3/c1-20-16-4-2-3-14(16)15-11-21-8-7-19(15)10-13-9-18-22-17(13)12-5-6-12/h9,12,14-16H,2-8,10-11H2,1H3/t14-,15-,16-/m1/s1. The first-order valence-electron chi connectivity index (χ1n) is 8.65. The summed E-state index contributed by atoms with van der Waals surface area (Å²) in [6.07, 6.45) is 8.52. The topological polar surface area (TPSA) is 47.7 Å². The van der Waals surface area contributed by atoms with E-state index in [1.165, 1.54) is 37.7 Å². The third-order valence-corrected chi connectivity index (χ3v) is 5.58. The zero-order chi connectivity index (χ0) is 14.9. The molecule has 0 unspecified atom stereocenters. The molecular weight excluding hydrogens is 280 g/mol. The monoisotopic (exact) mass is 306 g/mol. The molecule has 3 fully saturated rings. The van der Waals surface area contributed by atoms with Gasteiger partial charge >= 0.3 is 0 Å². The van der Waals surface area contributed by atoms with E-state index in [-0.39, 0.29) is 0 Å². The Morgan fingerprint density at radius 3 is 3.05 bits per heavy atom. The molecule has 0 radical (unpaired) electrons. The molecule has 1 aromatic heterocycles. The van der Waals surface area contributed by atoms with E-state index in [1.54, 1.807) is 0 Å². The van der Waals surface area contributed by atoms with Crippen LogP contribution in [0.4, 0.5) is 0 Å². The van der Waals surface area contributed by atoms with Crippen LogP contribution in [-0.4, -0.2) is 49.1 Å². The number of hydrogen-bond donors (Lipinski definition) is 0. The Bertz CT molecular complexity index is 500. The Kier molecular flexibility index (Phi) is 4.20. The molecule has 0 spiro atoms. The maximum atomic E-state index is 5.79. The average Bonchev–Trinajstić information content (AvgIpc) is 3.10. The minimum absolute atomic E-state index is 0.388. The van der Waals surface area contributed by atoms with Gasteiger partial charge in [-0.25, -0.2) is 0 Å². The summed E-state index contributed by atoms with van der Waals surface area (Å²) in [6, 6.07) is 0.461. The number of morpholine rings is 1. The zero-order valence-electron chi connectivity index (χ0n) is 13.4. The minimum atomic E-state index is 0.388. The molecule has 5 nitrogen and oxygen atoms in total. The fourth-order valence-corrected chi connectivity index (χ4v) is 4.22. The summed E-state index contributed by atoms with van der Waals surface area (Å²) in [5, 5.41) is 4.04. The molecule has 0 amide bonds. The van der Waals surface area contributed by atoms with Crippen LogP contribution >= 0.6 is 0 Å². The first-order valence-corrected chi connectivity index (χ1v) is 8.65. The summed E-state index contributed by atoms with van der Waals surface area (Å²) in [6.45, 7) is 3.59. The highest BCUT2D eigenvalue weighted by atomic mass is 16.5. The second-order valence-corrected chi connectivity index (χ2v) is 6.97. The Morgan fingerprint density at radius 1 is 1.32 bits per heavy atom. The third-order valence-electron chi connectivity index (χ3n) is 5.58. The molecule has 1 saturated heterocycles. The highest BCUT2D eigenvalue weighted by Gasteiger charge is 2.39. The van der Waals surface area contributed by atoms with Crippen molar-refractivity contribution in [2.24, 2.45) is 5.92 Å². The number of hydrogen-bond acceptors (Lipinski definition) is 5. The molecular formula is C17H26N2O3. The van der Waals surface area contributed by atoms with Crippen LogP contribution in [0.3, 0.4) is 0 Å². The van der Waals surface area contributed by atoms with Crippen molar-refractivity contribution < 1.29 is 14.0 Å². The van der Waals surface area contributed by atoms with E-state index in [0.29, 0.717) is 24.0 Å². The normalized spacial score (nSPS) is 33.4. The molecule has 0 N–H and O–H groups in total. The number of methoxy groups -OCH3 is 1. The SMILES string of the molecule is CO[C@@H]1CCC[C@@H]1[C@H]1COCCN1Cc1cnoc1C1CC1. The maximum absolute atomic E-state index is 5.79. The molecule has 122 valence electrons. The highest BCUT2D eigenvalue weighted by Crippen LogP contribution is 2.42. The second-order valence-electron chi connectivity index (χ2n) is 6.97. The summed E-state index contributed by atoms with van der Waals surface area (Å²) in [5.41, 5.74) is 1.28. The molecule has 2 heterocycles. The zero-order valence-corrected chi connectivity index (χ0v) is 13.4. The molecule has 3 aliphatic rings. The van der Waals surface area contributed by atoms with Crippen molar-refractivity contribution >= 4 is 0 Å². The molecule has 0 aromatic carbocycles. The number of nitrogens with zero attached hydrogens (tertiary/aromatic N) is 2. The fourth-order valence-electron chi connectivity index (χ4n) is 4.22. The second kappa shape index (κ2) is 6.30. The molecule has 1 aromatic rings. The van der Waals surface area contributed by atoms with Crippen molar-refractivity contribution in [2.75, 3.05) is 26.9 Å². The third kappa shape index (κ3) is 2.82. The van der Waals surface area contributed by atoms with Crippen LogP contribution in [0, 0.1) is 5.92 Å². The lowest BCUT2D eigenvalue weighted by atomic mass is 9.93. The first kappa shape index (κ1) is 14.7. The molecule has 1 aliphatic heterocycles.